The Balaban J connectivity index is 1.83. The zero-order chi connectivity index (χ0) is 10.0. The van der Waals surface area contributed by atoms with Crippen molar-refractivity contribution >= 4 is 0 Å². The zero-order valence-electron chi connectivity index (χ0n) is 9.60. The lowest BCUT2D eigenvalue weighted by molar-refractivity contribution is 0.206. The van der Waals surface area contributed by atoms with E-state index in [1.807, 2.05) is 0 Å². The van der Waals surface area contributed by atoms with E-state index in [1.165, 1.54) is 57.8 Å². The Morgan fingerprint density at radius 3 is 2.43 bits per heavy atom. The Kier molecular flexibility index (Phi) is 3.16. The molecule has 0 amide bonds. The van der Waals surface area contributed by atoms with Gasteiger partial charge in [-0.05, 0) is 37.0 Å². The van der Waals surface area contributed by atoms with Crippen LogP contribution in [0, 0.1) is 11.3 Å². The van der Waals surface area contributed by atoms with Gasteiger partial charge in [0.2, 0.25) is 0 Å². The zero-order valence-corrected chi connectivity index (χ0v) is 9.60. The smallest absolute Gasteiger partial charge is 0.00442 e. The minimum absolute atomic E-state index is 0.503. The van der Waals surface area contributed by atoms with Crippen molar-refractivity contribution < 1.29 is 0 Å². The van der Waals surface area contributed by atoms with E-state index in [2.05, 4.69) is 6.92 Å². The molecule has 2 aliphatic rings. The maximum absolute atomic E-state index is 6.02. The summed E-state index contributed by atoms with van der Waals surface area (Å²) in [5.41, 5.74) is 6.61. The van der Waals surface area contributed by atoms with E-state index < -0.39 is 0 Å². The van der Waals surface area contributed by atoms with Crippen LogP contribution in [0.1, 0.15) is 64.7 Å². The second kappa shape index (κ2) is 4.22. The van der Waals surface area contributed by atoms with E-state index >= 15 is 0 Å². The molecule has 0 aromatic heterocycles. The van der Waals surface area contributed by atoms with Gasteiger partial charge in [-0.15, -0.1) is 0 Å². The van der Waals surface area contributed by atoms with Crippen LogP contribution in [0.2, 0.25) is 0 Å². The van der Waals surface area contributed by atoms with Crippen LogP contribution >= 0.6 is 0 Å². The molecule has 2 saturated carbocycles. The molecule has 0 spiro atoms. The molecule has 1 heteroatoms. The summed E-state index contributed by atoms with van der Waals surface area (Å²) < 4.78 is 0. The van der Waals surface area contributed by atoms with Crippen molar-refractivity contribution in [1.29, 1.82) is 0 Å². The van der Waals surface area contributed by atoms with Crippen LogP contribution in [0.25, 0.3) is 0 Å². The summed E-state index contributed by atoms with van der Waals surface area (Å²) in [6, 6.07) is 0.503. The largest absolute Gasteiger partial charge is 0.328 e. The maximum atomic E-state index is 6.02. The summed E-state index contributed by atoms with van der Waals surface area (Å²) in [5, 5.41) is 0. The molecule has 2 aliphatic carbocycles. The number of nitrogens with two attached hydrogens (primary N) is 1. The first-order valence-electron chi connectivity index (χ1n) is 6.44. The topological polar surface area (TPSA) is 26.0 Å². The van der Waals surface area contributed by atoms with Crippen LogP contribution in [-0.4, -0.2) is 6.04 Å². The van der Waals surface area contributed by atoms with Crippen molar-refractivity contribution in [2.24, 2.45) is 17.1 Å². The maximum Gasteiger partial charge on any atom is 0.00442 e. The predicted octanol–water partition coefficient (Wildman–Crippen LogP) is 3.47. The first kappa shape index (κ1) is 10.5. The van der Waals surface area contributed by atoms with Gasteiger partial charge in [0.1, 0.15) is 0 Å². The summed E-state index contributed by atoms with van der Waals surface area (Å²) >= 11 is 0. The molecule has 2 fully saturated rings. The summed E-state index contributed by atoms with van der Waals surface area (Å²) in [4.78, 5) is 0. The van der Waals surface area contributed by atoms with E-state index in [-0.39, 0.29) is 0 Å². The third-order valence-electron chi connectivity index (χ3n) is 4.38. The van der Waals surface area contributed by atoms with Gasteiger partial charge in [-0.25, -0.2) is 0 Å². The minimum atomic E-state index is 0.503. The molecule has 82 valence electrons. The van der Waals surface area contributed by atoms with E-state index in [1.54, 1.807) is 0 Å². The Morgan fingerprint density at radius 1 is 1.14 bits per heavy atom. The average molecular weight is 195 g/mol. The van der Waals surface area contributed by atoms with Crippen LogP contribution in [0.15, 0.2) is 0 Å². The molecule has 0 aromatic rings. The molecule has 2 unspecified atom stereocenters. The summed E-state index contributed by atoms with van der Waals surface area (Å²) in [6.07, 6.45) is 12.8. The van der Waals surface area contributed by atoms with Gasteiger partial charge in [0.25, 0.3) is 0 Å². The van der Waals surface area contributed by atoms with Crippen molar-refractivity contribution in [1.82, 2.24) is 0 Å². The summed E-state index contributed by atoms with van der Waals surface area (Å²) in [7, 11) is 0. The molecule has 0 radical (unpaired) electrons. The highest BCUT2D eigenvalue weighted by Gasteiger charge is 2.35. The quantitative estimate of drug-likeness (QED) is 0.717. The highest BCUT2D eigenvalue weighted by molar-refractivity contribution is 4.89. The molecular weight excluding hydrogens is 170 g/mol. The Hall–Kier alpha value is -0.0400. The van der Waals surface area contributed by atoms with Gasteiger partial charge in [-0.2, -0.15) is 0 Å². The fraction of sp³-hybridized carbons (Fsp3) is 1.00. The molecule has 0 bridgehead atoms. The molecule has 1 nitrogen and oxygen atoms in total. The SMILES string of the molecule is CC1(CC2CCCCC2)CCC(N)C1. The van der Waals surface area contributed by atoms with Crippen LogP contribution in [0.5, 0.6) is 0 Å². The van der Waals surface area contributed by atoms with E-state index in [0.29, 0.717) is 11.5 Å². The fourth-order valence-corrected chi connectivity index (χ4v) is 3.64. The van der Waals surface area contributed by atoms with Crippen molar-refractivity contribution in [2.75, 3.05) is 0 Å². The summed E-state index contributed by atoms with van der Waals surface area (Å²) in [5.74, 6) is 1.03. The molecule has 2 rings (SSSR count). The van der Waals surface area contributed by atoms with Gasteiger partial charge in [0.15, 0.2) is 0 Å². The fourth-order valence-electron chi connectivity index (χ4n) is 3.64. The monoisotopic (exact) mass is 195 g/mol. The molecule has 0 aromatic carbocycles. The van der Waals surface area contributed by atoms with Gasteiger partial charge in [0, 0.05) is 6.04 Å². The van der Waals surface area contributed by atoms with E-state index in [0.717, 1.165) is 5.92 Å². The first-order valence-corrected chi connectivity index (χ1v) is 6.44. The van der Waals surface area contributed by atoms with Gasteiger partial charge in [-0.1, -0.05) is 39.0 Å². The Labute approximate surface area is 88.4 Å². The molecule has 14 heavy (non-hydrogen) atoms. The third kappa shape index (κ3) is 2.50. The number of hydrogen-bond acceptors (Lipinski definition) is 1. The van der Waals surface area contributed by atoms with Gasteiger partial charge in [-0.3, -0.25) is 0 Å². The normalized spacial score (nSPS) is 40.3. The summed E-state index contributed by atoms with van der Waals surface area (Å²) in [6.45, 7) is 2.47. The lowest BCUT2D eigenvalue weighted by Gasteiger charge is -2.31. The van der Waals surface area contributed by atoms with Crippen LogP contribution in [0.3, 0.4) is 0 Å². The number of hydrogen-bond donors (Lipinski definition) is 1. The van der Waals surface area contributed by atoms with E-state index in [9.17, 15) is 0 Å². The second-order valence-electron chi connectivity index (χ2n) is 6.02. The lowest BCUT2D eigenvalue weighted by Crippen LogP contribution is -2.22. The molecule has 0 heterocycles. The molecule has 2 atom stereocenters. The Morgan fingerprint density at radius 2 is 1.86 bits per heavy atom. The second-order valence-corrected chi connectivity index (χ2v) is 6.02. The molecule has 0 aliphatic heterocycles. The number of rotatable bonds is 2. The van der Waals surface area contributed by atoms with Crippen molar-refractivity contribution in [3.8, 4) is 0 Å². The van der Waals surface area contributed by atoms with Crippen molar-refractivity contribution in [3.05, 3.63) is 0 Å². The first-order chi connectivity index (χ1) is 6.68. The van der Waals surface area contributed by atoms with Gasteiger partial charge >= 0.3 is 0 Å². The van der Waals surface area contributed by atoms with Crippen LogP contribution < -0.4 is 5.73 Å². The predicted molar refractivity (Wildman–Crippen MR) is 61.1 cm³/mol. The highest BCUT2D eigenvalue weighted by atomic mass is 14.7. The van der Waals surface area contributed by atoms with Gasteiger partial charge in [0.05, 0.1) is 0 Å². The minimum Gasteiger partial charge on any atom is -0.328 e. The van der Waals surface area contributed by atoms with E-state index in [4.69, 9.17) is 5.73 Å². The van der Waals surface area contributed by atoms with Crippen molar-refractivity contribution in [2.45, 2.75) is 70.8 Å². The molecule has 2 N–H and O–H groups in total. The van der Waals surface area contributed by atoms with Gasteiger partial charge < -0.3 is 5.73 Å². The average Bonchev–Trinajstić information content (AvgIpc) is 2.47. The molecule has 0 saturated heterocycles. The van der Waals surface area contributed by atoms with Crippen LogP contribution in [-0.2, 0) is 0 Å². The lowest BCUT2D eigenvalue weighted by atomic mass is 9.74. The van der Waals surface area contributed by atoms with Crippen LogP contribution in [0.4, 0.5) is 0 Å². The standard InChI is InChI=1S/C13H25N/c1-13(8-7-12(14)10-13)9-11-5-3-2-4-6-11/h11-12H,2-10,14H2,1H3. The van der Waals surface area contributed by atoms with Crippen molar-refractivity contribution in [3.63, 3.8) is 0 Å². The molecular formula is C13H25N. The Bertz CT molecular complexity index is 184. The highest BCUT2D eigenvalue weighted by Crippen LogP contribution is 2.44. The third-order valence-corrected chi connectivity index (χ3v) is 4.38.